The highest BCUT2D eigenvalue weighted by Gasteiger charge is 2.45. The molecule has 1 unspecified atom stereocenters. The number of nitrogens with zero attached hydrogens (tertiary/aromatic N) is 2. The number of hydrogen-bond donors (Lipinski definition) is 2. The SMILES string of the molecule is CCCCN(CCCC)CCCN1C(=O)C(=O)/C(=C(/O)c2ccc(Br)cc2)C1c1ccc(O)cc1. The molecular formula is C28H35BrN2O4. The molecule has 35 heavy (non-hydrogen) atoms. The van der Waals surface area contributed by atoms with E-state index in [0.717, 1.165) is 56.2 Å². The summed E-state index contributed by atoms with van der Waals surface area (Å²) in [5.74, 6) is -1.38. The third-order valence-electron chi connectivity index (χ3n) is 6.40. The minimum absolute atomic E-state index is 0.0804. The zero-order chi connectivity index (χ0) is 25.4. The number of rotatable bonds is 12. The van der Waals surface area contributed by atoms with Gasteiger partial charge in [-0.05, 0) is 68.7 Å². The van der Waals surface area contributed by atoms with Crippen LogP contribution in [-0.4, -0.2) is 57.9 Å². The number of aliphatic hydroxyl groups is 1. The van der Waals surface area contributed by atoms with Crippen LogP contribution in [0.4, 0.5) is 0 Å². The first-order chi connectivity index (χ1) is 16.9. The Kier molecular flexibility index (Phi) is 9.93. The van der Waals surface area contributed by atoms with Crippen LogP contribution in [0.15, 0.2) is 58.6 Å². The highest BCUT2D eigenvalue weighted by Crippen LogP contribution is 2.40. The van der Waals surface area contributed by atoms with Crippen LogP contribution in [0.2, 0.25) is 0 Å². The van der Waals surface area contributed by atoms with Crippen molar-refractivity contribution in [3.05, 3.63) is 69.7 Å². The van der Waals surface area contributed by atoms with Crippen LogP contribution in [0, 0.1) is 0 Å². The zero-order valence-electron chi connectivity index (χ0n) is 20.5. The largest absolute Gasteiger partial charge is 0.508 e. The molecule has 0 saturated carbocycles. The Hall–Kier alpha value is -2.64. The van der Waals surface area contributed by atoms with Gasteiger partial charge in [0.1, 0.15) is 11.5 Å². The van der Waals surface area contributed by atoms with E-state index in [1.807, 2.05) is 0 Å². The van der Waals surface area contributed by atoms with Gasteiger partial charge in [-0.1, -0.05) is 66.9 Å². The number of benzene rings is 2. The van der Waals surface area contributed by atoms with Gasteiger partial charge in [0.05, 0.1) is 11.6 Å². The minimum Gasteiger partial charge on any atom is -0.508 e. The second kappa shape index (κ2) is 12.9. The predicted octanol–water partition coefficient (Wildman–Crippen LogP) is 5.87. The number of unbranched alkanes of at least 4 members (excludes halogenated alkanes) is 2. The van der Waals surface area contributed by atoms with E-state index in [2.05, 4.69) is 34.7 Å². The highest BCUT2D eigenvalue weighted by atomic mass is 79.9. The maximum atomic E-state index is 13.1. The number of aromatic hydroxyl groups is 1. The number of Topliss-reactive ketones (excluding diaryl/α,β-unsaturated/α-hetero) is 1. The average Bonchev–Trinajstić information content (AvgIpc) is 3.10. The first kappa shape index (κ1) is 27.0. The summed E-state index contributed by atoms with van der Waals surface area (Å²) < 4.78 is 0.847. The maximum absolute atomic E-state index is 13.1. The number of carbonyl (C=O) groups is 2. The Balaban J connectivity index is 1.90. The molecular weight excluding hydrogens is 508 g/mol. The van der Waals surface area contributed by atoms with Crippen LogP contribution in [0.5, 0.6) is 5.75 Å². The van der Waals surface area contributed by atoms with Gasteiger partial charge in [-0.3, -0.25) is 9.59 Å². The first-order valence-electron chi connectivity index (χ1n) is 12.4. The minimum atomic E-state index is -0.709. The number of carbonyl (C=O) groups excluding carboxylic acids is 2. The van der Waals surface area contributed by atoms with Crippen molar-refractivity contribution in [1.82, 2.24) is 9.80 Å². The molecule has 2 aromatic carbocycles. The summed E-state index contributed by atoms with van der Waals surface area (Å²) in [6.45, 7) is 7.67. The molecule has 3 rings (SSSR count). The highest BCUT2D eigenvalue weighted by molar-refractivity contribution is 9.10. The summed E-state index contributed by atoms with van der Waals surface area (Å²) in [7, 11) is 0. The van der Waals surface area contributed by atoms with Gasteiger partial charge < -0.3 is 20.0 Å². The summed E-state index contributed by atoms with van der Waals surface area (Å²) in [5.41, 5.74) is 1.23. The molecule has 0 bridgehead atoms. The molecule has 7 heteroatoms. The second-order valence-electron chi connectivity index (χ2n) is 8.99. The summed E-state index contributed by atoms with van der Waals surface area (Å²) in [4.78, 5) is 30.3. The number of halogens is 1. The Bertz CT molecular complexity index is 1030. The lowest BCUT2D eigenvalue weighted by Crippen LogP contribution is -2.34. The fraction of sp³-hybridized carbons (Fsp3) is 0.429. The van der Waals surface area contributed by atoms with E-state index in [4.69, 9.17) is 0 Å². The molecule has 1 atom stereocenters. The van der Waals surface area contributed by atoms with Crippen LogP contribution >= 0.6 is 15.9 Å². The number of hydrogen-bond acceptors (Lipinski definition) is 5. The molecule has 188 valence electrons. The Morgan fingerprint density at radius 1 is 0.914 bits per heavy atom. The van der Waals surface area contributed by atoms with Crippen molar-refractivity contribution in [3.8, 4) is 5.75 Å². The summed E-state index contributed by atoms with van der Waals surface area (Å²) >= 11 is 3.38. The van der Waals surface area contributed by atoms with E-state index >= 15 is 0 Å². The Labute approximate surface area is 216 Å². The number of amides is 1. The molecule has 2 aromatic rings. The van der Waals surface area contributed by atoms with Crippen molar-refractivity contribution in [2.75, 3.05) is 26.2 Å². The molecule has 0 aliphatic carbocycles. The van der Waals surface area contributed by atoms with Gasteiger partial charge in [0.25, 0.3) is 11.7 Å². The van der Waals surface area contributed by atoms with Gasteiger partial charge >= 0.3 is 0 Å². The molecule has 6 nitrogen and oxygen atoms in total. The van der Waals surface area contributed by atoms with E-state index in [9.17, 15) is 19.8 Å². The normalized spacial score (nSPS) is 17.5. The zero-order valence-corrected chi connectivity index (χ0v) is 22.1. The standard InChI is InChI=1S/C28H35BrN2O4/c1-3-5-16-30(17-6-4-2)18-7-19-31-25(20-10-14-23(32)15-11-20)24(27(34)28(31)35)26(33)21-8-12-22(29)13-9-21/h8-15,25,32-33H,3-7,16-19H2,1-2H3/b26-24+. The average molecular weight is 544 g/mol. The molecule has 1 aliphatic heterocycles. The number of ketones is 1. The van der Waals surface area contributed by atoms with Crippen LogP contribution in [0.25, 0.3) is 5.76 Å². The lowest BCUT2D eigenvalue weighted by atomic mass is 9.95. The first-order valence-corrected chi connectivity index (χ1v) is 13.2. The van der Waals surface area contributed by atoms with Crippen LogP contribution in [-0.2, 0) is 9.59 Å². The topological polar surface area (TPSA) is 81.1 Å². The summed E-state index contributed by atoms with van der Waals surface area (Å²) in [6.07, 6.45) is 5.26. The van der Waals surface area contributed by atoms with Gasteiger partial charge in [0.2, 0.25) is 0 Å². The van der Waals surface area contributed by atoms with Crippen LogP contribution in [0.1, 0.15) is 63.1 Å². The summed E-state index contributed by atoms with van der Waals surface area (Å²) in [6, 6.07) is 12.7. The van der Waals surface area contributed by atoms with Crippen LogP contribution in [0.3, 0.4) is 0 Å². The lowest BCUT2D eigenvalue weighted by molar-refractivity contribution is -0.140. The van der Waals surface area contributed by atoms with E-state index < -0.39 is 17.7 Å². The molecule has 0 radical (unpaired) electrons. The van der Waals surface area contributed by atoms with E-state index in [0.29, 0.717) is 17.7 Å². The van der Waals surface area contributed by atoms with Crippen molar-refractivity contribution in [2.45, 2.75) is 52.0 Å². The van der Waals surface area contributed by atoms with Crippen molar-refractivity contribution in [1.29, 1.82) is 0 Å². The second-order valence-corrected chi connectivity index (χ2v) is 9.91. The van der Waals surface area contributed by atoms with E-state index in [-0.39, 0.29) is 17.1 Å². The quantitative estimate of drug-likeness (QED) is 0.199. The predicted molar refractivity (Wildman–Crippen MR) is 142 cm³/mol. The third-order valence-corrected chi connectivity index (χ3v) is 6.92. The summed E-state index contributed by atoms with van der Waals surface area (Å²) in [5, 5.41) is 20.9. The Morgan fingerprint density at radius 3 is 2.06 bits per heavy atom. The molecule has 1 saturated heterocycles. The molecule has 0 spiro atoms. The molecule has 1 heterocycles. The van der Waals surface area contributed by atoms with Crippen molar-refractivity contribution < 1.29 is 19.8 Å². The molecule has 1 aliphatic rings. The number of phenols is 1. The van der Waals surface area contributed by atoms with Crippen molar-refractivity contribution in [3.63, 3.8) is 0 Å². The van der Waals surface area contributed by atoms with Crippen molar-refractivity contribution >= 4 is 33.4 Å². The van der Waals surface area contributed by atoms with E-state index in [1.54, 1.807) is 41.3 Å². The molecule has 1 fully saturated rings. The lowest BCUT2D eigenvalue weighted by Gasteiger charge is -2.27. The number of aliphatic hydroxyl groups excluding tert-OH is 1. The third kappa shape index (κ3) is 6.73. The smallest absolute Gasteiger partial charge is 0.295 e. The number of phenolic OH excluding ortho intramolecular Hbond substituents is 1. The molecule has 0 aromatic heterocycles. The monoisotopic (exact) mass is 542 g/mol. The fourth-order valence-corrected chi connectivity index (χ4v) is 4.70. The van der Waals surface area contributed by atoms with Gasteiger partial charge in [0, 0.05) is 16.6 Å². The van der Waals surface area contributed by atoms with Crippen molar-refractivity contribution in [2.24, 2.45) is 0 Å². The van der Waals surface area contributed by atoms with Gasteiger partial charge in [-0.2, -0.15) is 0 Å². The van der Waals surface area contributed by atoms with Gasteiger partial charge in [-0.25, -0.2) is 0 Å². The molecule has 1 amide bonds. The maximum Gasteiger partial charge on any atom is 0.295 e. The molecule has 2 N–H and O–H groups in total. The number of likely N-dealkylation sites (tertiary alicyclic amines) is 1. The van der Waals surface area contributed by atoms with Gasteiger partial charge in [-0.15, -0.1) is 0 Å². The van der Waals surface area contributed by atoms with Crippen LogP contribution < -0.4 is 0 Å². The fourth-order valence-electron chi connectivity index (χ4n) is 4.44. The Morgan fingerprint density at radius 2 is 1.49 bits per heavy atom. The van der Waals surface area contributed by atoms with Gasteiger partial charge in [0.15, 0.2) is 0 Å². The van der Waals surface area contributed by atoms with E-state index in [1.165, 1.54) is 12.1 Å².